The van der Waals surface area contributed by atoms with E-state index in [9.17, 15) is 4.79 Å². The molecule has 1 aliphatic heterocycles. The Morgan fingerprint density at radius 3 is 2.24 bits per heavy atom. The Kier molecular flexibility index (Phi) is 5.40. The van der Waals surface area contributed by atoms with E-state index in [0.29, 0.717) is 5.02 Å². The topological polar surface area (TPSA) is 45.2 Å². The van der Waals surface area contributed by atoms with Gasteiger partial charge in [-0.15, -0.1) is 0 Å². The Labute approximate surface area is 154 Å². The van der Waals surface area contributed by atoms with Crippen molar-refractivity contribution in [3.63, 3.8) is 0 Å². The fraction of sp³-hybridized carbons (Fsp3) is 0.400. The third kappa shape index (κ3) is 4.02. The van der Waals surface area contributed by atoms with Crippen LogP contribution in [0.1, 0.15) is 43.9 Å². The average molecular weight is 358 g/mol. The number of hydrogen-bond donors (Lipinski definition) is 1. The van der Waals surface area contributed by atoms with Crippen LogP contribution in [0.3, 0.4) is 0 Å². The summed E-state index contributed by atoms with van der Waals surface area (Å²) in [6.45, 7) is 5.95. The van der Waals surface area contributed by atoms with Gasteiger partial charge in [-0.1, -0.05) is 23.7 Å². The summed E-state index contributed by atoms with van der Waals surface area (Å²) in [6.07, 6.45) is 5.80. The van der Waals surface area contributed by atoms with Gasteiger partial charge in [0.2, 0.25) is 5.91 Å². The molecule has 2 heterocycles. The second-order valence-electron chi connectivity index (χ2n) is 6.99. The number of halogens is 1. The SMILES string of the molecule is CC(C)(C(=O)NC(c1ccncc1)c1ccc(Cl)cc1)N1CCCC1. The fourth-order valence-electron chi connectivity index (χ4n) is 3.30. The van der Waals surface area contributed by atoms with Crippen LogP contribution >= 0.6 is 11.6 Å². The minimum Gasteiger partial charge on any atom is -0.344 e. The lowest BCUT2D eigenvalue weighted by Crippen LogP contribution is -2.54. The molecule has 4 nitrogen and oxygen atoms in total. The predicted octanol–water partition coefficient (Wildman–Crippen LogP) is 3.82. The molecule has 0 spiro atoms. The van der Waals surface area contributed by atoms with Gasteiger partial charge in [-0.2, -0.15) is 0 Å². The molecule has 1 aromatic heterocycles. The van der Waals surface area contributed by atoms with Crippen LogP contribution in [0.5, 0.6) is 0 Å². The predicted molar refractivity (Wildman–Crippen MR) is 101 cm³/mol. The lowest BCUT2D eigenvalue weighted by molar-refractivity contribution is -0.131. The van der Waals surface area contributed by atoms with Crippen LogP contribution in [0.2, 0.25) is 5.02 Å². The first-order chi connectivity index (χ1) is 12.0. The molecule has 0 saturated carbocycles. The maximum Gasteiger partial charge on any atom is 0.240 e. The quantitative estimate of drug-likeness (QED) is 0.884. The van der Waals surface area contributed by atoms with Crippen molar-refractivity contribution in [1.29, 1.82) is 0 Å². The van der Waals surface area contributed by atoms with Gasteiger partial charge in [-0.3, -0.25) is 14.7 Å². The highest BCUT2D eigenvalue weighted by molar-refractivity contribution is 6.30. The molecular weight excluding hydrogens is 334 g/mol. The summed E-state index contributed by atoms with van der Waals surface area (Å²) in [5, 5.41) is 3.92. The first-order valence-corrected chi connectivity index (χ1v) is 9.07. The van der Waals surface area contributed by atoms with E-state index >= 15 is 0 Å². The Bertz CT molecular complexity index is 709. The van der Waals surface area contributed by atoms with Crippen molar-refractivity contribution in [1.82, 2.24) is 15.2 Å². The summed E-state index contributed by atoms with van der Waals surface area (Å²) in [5.41, 5.74) is 1.47. The molecule has 132 valence electrons. The lowest BCUT2D eigenvalue weighted by atomic mass is 9.96. The van der Waals surface area contributed by atoms with Crippen LogP contribution in [-0.4, -0.2) is 34.4 Å². The number of rotatable bonds is 5. The molecule has 1 aliphatic rings. The minimum absolute atomic E-state index is 0.0335. The summed E-state index contributed by atoms with van der Waals surface area (Å²) in [5.74, 6) is 0.0335. The van der Waals surface area contributed by atoms with Crippen LogP contribution in [-0.2, 0) is 4.79 Å². The van der Waals surface area contributed by atoms with Gasteiger partial charge in [0.05, 0.1) is 11.6 Å². The highest BCUT2D eigenvalue weighted by Gasteiger charge is 2.37. The van der Waals surface area contributed by atoms with Gasteiger partial charge in [0, 0.05) is 17.4 Å². The molecule has 25 heavy (non-hydrogen) atoms. The molecule has 1 saturated heterocycles. The Balaban J connectivity index is 1.87. The van der Waals surface area contributed by atoms with Crippen LogP contribution in [0.4, 0.5) is 0 Å². The van der Waals surface area contributed by atoms with Gasteiger partial charge in [-0.25, -0.2) is 0 Å². The van der Waals surface area contributed by atoms with E-state index in [0.717, 1.165) is 37.1 Å². The smallest absolute Gasteiger partial charge is 0.240 e. The number of likely N-dealkylation sites (tertiary alicyclic amines) is 1. The molecule has 0 aliphatic carbocycles. The van der Waals surface area contributed by atoms with Gasteiger partial charge >= 0.3 is 0 Å². The molecule has 1 aromatic carbocycles. The van der Waals surface area contributed by atoms with E-state index in [-0.39, 0.29) is 11.9 Å². The minimum atomic E-state index is -0.534. The van der Waals surface area contributed by atoms with Crippen molar-refractivity contribution in [3.8, 4) is 0 Å². The highest BCUT2D eigenvalue weighted by Crippen LogP contribution is 2.26. The summed E-state index contributed by atoms with van der Waals surface area (Å²) in [4.78, 5) is 19.4. The molecule has 2 aromatic rings. The number of amides is 1. The zero-order valence-electron chi connectivity index (χ0n) is 14.7. The van der Waals surface area contributed by atoms with Crippen molar-refractivity contribution in [2.24, 2.45) is 0 Å². The van der Waals surface area contributed by atoms with Gasteiger partial charge in [0.1, 0.15) is 0 Å². The van der Waals surface area contributed by atoms with Crippen LogP contribution in [0.15, 0.2) is 48.8 Å². The second kappa shape index (κ2) is 7.54. The normalized spacial score (nSPS) is 16.6. The van der Waals surface area contributed by atoms with E-state index in [4.69, 9.17) is 11.6 Å². The fourth-order valence-corrected chi connectivity index (χ4v) is 3.42. The highest BCUT2D eigenvalue weighted by atomic mass is 35.5. The third-order valence-corrected chi connectivity index (χ3v) is 5.22. The number of benzene rings is 1. The average Bonchev–Trinajstić information content (AvgIpc) is 3.16. The summed E-state index contributed by atoms with van der Waals surface area (Å²) in [7, 11) is 0. The number of pyridine rings is 1. The molecule has 5 heteroatoms. The van der Waals surface area contributed by atoms with E-state index in [2.05, 4.69) is 15.2 Å². The van der Waals surface area contributed by atoms with Crippen molar-refractivity contribution in [2.45, 2.75) is 38.3 Å². The number of aromatic nitrogens is 1. The first-order valence-electron chi connectivity index (χ1n) is 8.70. The zero-order valence-corrected chi connectivity index (χ0v) is 15.5. The molecule has 0 radical (unpaired) electrons. The van der Waals surface area contributed by atoms with E-state index in [1.165, 1.54) is 0 Å². The molecule has 1 unspecified atom stereocenters. The van der Waals surface area contributed by atoms with Gasteiger partial charge in [-0.05, 0) is 75.2 Å². The van der Waals surface area contributed by atoms with E-state index < -0.39 is 5.54 Å². The van der Waals surface area contributed by atoms with E-state index in [1.807, 2.05) is 50.2 Å². The number of hydrogen-bond acceptors (Lipinski definition) is 3. The molecule has 1 fully saturated rings. The lowest BCUT2D eigenvalue weighted by Gasteiger charge is -2.35. The first kappa shape index (κ1) is 17.9. The molecule has 1 atom stereocenters. The third-order valence-electron chi connectivity index (χ3n) is 4.97. The molecule has 0 bridgehead atoms. The van der Waals surface area contributed by atoms with Crippen molar-refractivity contribution in [3.05, 3.63) is 64.9 Å². The summed E-state index contributed by atoms with van der Waals surface area (Å²) >= 11 is 6.02. The van der Waals surface area contributed by atoms with Crippen LogP contribution in [0.25, 0.3) is 0 Å². The maximum absolute atomic E-state index is 13.1. The Hall–Kier alpha value is -1.91. The molecule has 1 N–H and O–H groups in total. The zero-order chi connectivity index (χ0) is 17.9. The molecule has 1 amide bonds. The number of nitrogens with one attached hydrogen (secondary N) is 1. The van der Waals surface area contributed by atoms with Crippen LogP contribution in [0, 0.1) is 0 Å². The van der Waals surface area contributed by atoms with Gasteiger partial charge in [0.25, 0.3) is 0 Å². The maximum atomic E-state index is 13.1. The second-order valence-corrected chi connectivity index (χ2v) is 7.43. The standard InChI is InChI=1S/C20H24ClN3O/c1-20(2,24-13-3-4-14-24)19(25)23-18(16-9-11-22-12-10-16)15-5-7-17(21)8-6-15/h5-12,18H,3-4,13-14H2,1-2H3,(H,23,25). The van der Waals surface area contributed by atoms with Crippen molar-refractivity contribution < 1.29 is 4.79 Å². The van der Waals surface area contributed by atoms with Crippen molar-refractivity contribution >= 4 is 17.5 Å². The number of carbonyl (C=O) groups excluding carboxylic acids is 1. The molecular formula is C20H24ClN3O. The van der Waals surface area contributed by atoms with Crippen molar-refractivity contribution in [2.75, 3.05) is 13.1 Å². The van der Waals surface area contributed by atoms with Crippen LogP contribution < -0.4 is 5.32 Å². The monoisotopic (exact) mass is 357 g/mol. The summed E-state index contributed by atoms with van der Waals surface area (Å²) in [6, 6.07) is 11.2. The number of carbonyl (C=O) groups is 1. The largest absolute Gasteiger partial charge is 0.344 e. The Morgan fingerprint density at radius 2 is 1.64 bits per heavy atom. The Morgan fingerprint density at radius 1 is 1.08 bits per heavy atom. The van der Waals surface area contributed by atoms with E-state index in [1.54, 1.807) is 12.4 Å². The number of nitrogens with zero attached hydrogens (tertiary/aromatic N) is 2. The van der Waals surface area contributed by atoms with Gasteiger partial charge < -0.3 is 5.32 Å². The van der Waals surface area contributed by atoms with Gasteiger partial charge in [0.15, 0.2) is 0 Å². The summed E-state index contributed by atoms with van der Waals surface area (Å²) < 4.78 is 0. The molecule has 3 rings (SSSR count).